The Balaban J connectivity index is 2.01. The summed E-state index contributed by atoms with van der Waals surface area (Å²) in [5.74, 6) is -0.471. The summed E-state index contributed by atoms with van der Waals surface area (Å²) in [6.45, 7) is -1.35. The minimum atomic E-state index is -2.95. The molecule has 1 amide bonds. The van der Waals surface area contributed by atoms with Gasteiger partial charge in [0.1, 0.15) is 5.75 Å². The van der Waals surface area contributed by atoms with E-state index in [4.69, 9.17) is 5.26 Å². The normalized spacial score (nSPS) is 11.7. The van der Waals surface area contributed by atoms with Crippen LogP contribution in [0.25, 0.3) is 0 Å². The predicted octanol–water partition coefficient (Wildman–Crippen LogP) is 2.93. The van der Waals surface area contributed by atoms with Gasteiger partial charge in [-0.15, -0.1) is 0 Å². The summed E-state index contributed by atoms with van der Waals surface area (Å²) in [7, 11) is 0. The van der Waals surface area contributed by atoms with Crippen molar-refractivity contribution in [3.05, 3.63) is 64.7 Å². The summed E-state index contributed by atoms with van der Waals surface area (Å²) in [5, 5.41) is 21.5. The molecular formula is C18H16F2N2O3. The highest BCUT2D eigenvalue weighted by Gasteiger charge is 2.14. The van der Waals surface area contributed by atoms with Gasteiger partial charge in [-0.25, -0.2) is 0 Å². The van der Waals surface area contributed by atoms with Gasteiger partial charge in [-0.2, -0.15) is 14.0 Å². The second kappa shape index (κ2) is 8.22. The van der Waals surface area contributed by atoms with Gasteiger partial charge in [-0.1, -0.05) is 12.1 Å². The van der Waals surface area contributed by atoms with E-state index in [9.17, 15) is 18.7 Å². The van der Waals surface area contributed by atoms with Crippen molar-refractivity contribution in [3.8, 4) is 11.8 Å². The van der Waals surface area contributed by atoms with Crippen LogP contribution in [0.4, 0.5) is 8.78 Å². The lowest BCUT2D eigenvalue weighted by Crippen LogP contribution is -2.29. The fourth-order valence-electron chi connectivity index (χ4n) is 2.29. The second-order valence-electron chi connectivity index (χ2n) is 5.32. The number of nitrogens with one attached hydrogen (secondary N) is 1. The Morgan fingerprint density at radius 1 is 1.32 bits per heavy atom. The third-order valence-electron chi connectivity index (χ3n) is 3.52. The molecule has 2 rings (SSSR count). The molecular weight excluding hydrogens is 330 g/mol. The molecule has 7 heteroatoms. The van der Waals surface area contributed by atoms with Crippen LogP contribution in [-0.2, 0) is 0 Å². The van der Waals surface area contributed by atoms with Crippen LogP contribution in [0.1, 0.15) is 33.2 Å². The molecule has 2 aromatic carbocycles. The van der Waals surface area contributed by atoms with Crippen LogP contribution in [0.5, 0.6) is 5.75 Å². The molecule has 0 bridgehead atoms. The van der Waals surface area contributed by atoms with Crippen LogP contribution >= 0.6 is 0 Å². The third kappa shape index (κ3) is 4.99. The minimum Gasteiger partial charge on any atom is -0.435 e. The maximum atomic E-state index is 12.2. The molecule has 2 N–H and O–H groups in total. The Morgan fingerprint density at radius 2 is 2.08 bits per heavy atom. The number of aliphatic hydroxyl groups excluding tert-OH is 1. The van der Waals surface area contributed by atoms with Crippen molar-refractivity contribution < 1.29 is 23.4 Å². The second-order valence-corrected chi connectivity index (χ2v) is 5.32. The van der Waals surface area contributed by atoms with Gasteiger partial charge in [0, 0.05) is 12.1 Å². The average molecular weight is 346 g/mol. The van der Waals surface area contributed by atoms with Gasteiger partial charge in [0.05, 0.1) is 17.7 Å². The van der Waals surface area contributed by atoms with Gasteiger partial charge in [0.15, 0.2) is 0 Å². The molecule has 0 saturated heterocycles. The van der Waals surface area contributed by atoms with Gasteiger partial charge in [0.2, 0.25) is 0 Å². The van der Waals surface area contributed by atoms with Crippen LogP contribution in [0.3, 0.4) is 0 Å². The zero-order valence-electron chi connectivity index (χ0n) is 13.4. The summed E-state index contributed by atoms with van der Waals surface area (Å²) in [5.41, 5.74) is 1.82. The molecule has 5 nitrogen and oxygen atoms in total. The first-order valence-corrected chi connectivity index (χ1v) is 7.42. The maximum Gasteiger partial charge on any atom is 0.387 e. The van der Waals surface area contributed by atoms with Crippen molar-refractivity contribution >= 4 is 5.91 Å². The monoisotopic (exact) mass is 346 g/mol. The molecule has 0 aliphatic carbocycles. The number of aliphatic hydroxyl groups is 1. The molecule has 0 spiro atoms. The van der Waals surface area contributed by atoms with E-state index in [0.717, 1.165) is 0 Å². The zero-order chi connectivity index (χ0) is 18.4. The molecule has 0 heterocycles. The summed E-state index contributed by atoms with van der Waals surface area (Å²) < 4.78 is 28.7. The predicted molar refractivity (Wildman–Crippen MR) is 86.3 cm³/mol. The number of ether oxygens (including phenoxy) is 1. The molecule has 0 saturated carbocycles. The van der Waals surface area contributed by atoms with Crippen molar-refractivity contribution in [1.29, 1.82) is 5.26 Å². The number of carbonyl (C=O) groups is 1. The van der Waals surface area contributed by atoms with Crippen LogP contribution in [0, 0.1) is 18.3 Å². The molecule has 0 aliphatic rings. The van der Waals surface area contributed by atoms with Crippen LogP contribution in [0.15, 0.2) is 42.5 Å². The largest absolute Gasteiger partial charge is 0.435 e. The molecule has 0 radical (unpaired) electrons. The van der Waals surface area contributed by atoms with Gasteiger partial charge in [-0.05, 0) is 48.4 Å². The number of hydrogen-bond donors (Lipinski definition) is 2. The molecule has 0 aromatic heterocycles. The Hall–Kier alpha value is -2.98. The summed E-state index contributed by atoms with van der Waals surface area (Å²) in [6.07, 6.45) is -1.08. The van der Waals surface area contributed by atoms with Crippen molar-refractivity contribution in [2.24, 2.45) is 0 Å². The fourth-order valence-corrected chi connectivity index (χ4v) is 2.29. The Kier molecular flexibility index (Phi) is 6.03. The summed E-state index contributed by atoms with van der Waals surface area (Å²) in [4.78, 5) is 12.2. The highest BCUT2D eigenvalue weighted by atomic mass is 19.3. The minimum absolute atomic E-state index is 0.0687. The third-order valence-corrected chi connectivity index (χ3v) is 3.52. The lowest BCUT2D eigenvalue weighted by atomic mass is 10.0. The Bertz CT molecular complexity index is 803. The van der Waals surface area contributed by atoms with E-state index in [1.807, 2.05) is 6.07 Å². The van der Waals surface area contributed by atoms with Crippen molar-refractivity contribution in [3.63, 3.8) is 0 Å². The zero-order valence-corrected chi connectivity index (χ0v) is 13.4. The summed E-state index contributed by atoms with van der Waals surface area (Å²) >= 11 is 0. The molecule has 130 valence electrons. The lowest BCUT2D eigenvalue weighted by molar-refractivity contribution is -0.0499. The lowest BCUT2D eigenvalue weighted by Gasteiger charge is -2.14. The number of alkyl halides is 2. The average Bonchev–Trinajstić information content (AvgIpc) is 2.58. The first-order valence-electron chi connectivity index (χ1n) is 7.42. The number of benzene rings is 2. The SMILES string of the molecule is Cc1cc(C#N)ccc1C(=O)NCC(O)c1cccc(OC(F)F)c1. The van der Waals surface area contributed by atoms with Gasteiger partial charge in [-0.3, -0.25) is 4.79 Å². The van der Waals surface area contributed by atoms with Crippen molar-refractivity contribution in [2.45, 2.75) is 19.6 Å². The number of carbonyl (C=O) groups excluding carboxylic acids is 1. The highest BCUT2D eigenvalue weighted by molar-refractivity contribution is 5.95. The van der Waals surface area contributed by atoms with E-state index in [1.54, 1.807) is 19.1 Å². The quantitative estimate of drug-likeness (QED) is 0.842. The first kappa shape index (κ1) is 18.4. The van der Waals surface area contributed by atoms with E-state index in [1.165, 1.54) is 30.3 Å². The van der Waals surface area contributed by atoms with E-state index in [2.05, 4.69) is 10.1 Å². The van der Waals surface area contributed by atoms with Gasteiger partial charge < -0.3 is 15.2 Å². The Labute approximate surface area is 143 Å². The van der Waals surface area contributed by atoms with E-state index in [-0.39, 0.29) is 12.3 Å². The fraction of sp³-hybridized carbons (Fsp3) is 0.222. The number of nitrogens with zero attached hydrogens (tertiary/aromatic N) is 1. The highest BCUT2D eigenvalue weighted by Crippen LogP contribution is 2.20. The standard InChI is InChI=1S/C18H16F2N2O3/c1-11-7-12(9-21)5-6-15(11)17(24)22-10-16(23)13-3-2-4-14(8-13)25-18(19)20/h2-8,16,18,23H,10H2,1H3,(H,22,24). The maximum absolute atomic E-state index is 12.2. The molecule has 1 unspecified atom stereocenters. The van der Waals surface area contributed by atoms with E-state index >= 15 is 0 Å². The van der Waals surface area contributed by atoms with Crippen LogP contribution in [0.2, 0.25) is 0 Å². The molecule has 0 aliphatic heterocycles. The molecule has 2 aromatic rings. The van der Waals surface area contributed by atoms with E-state index in [0.29, 0.717) is 22.3 Å². The topological polar surface area (TPSA) is 82.4 Å². The molecule has 25 heavy (non-hydrogen) atoms. The van der Waals surface area contributed by atoms with Gasteiger partial charge >= 0.3 is 6.61 Å². The number of hydrogen-bond acceptors (Lipinski definition) is 4. The van der Waals surface area contributed by atoms with Gasteiger partial charge in [0.25, 0.3) is 5.91 Å². The first-order chi connectivity index (χ1) is 11.9. The number of rotatable bonds is 6. The number of halogens is 2. The van der Waals surface area contributed by atoms with Crippen LogP contribution < -0.4 is 10.1 Å². The van der Waals surface area contributed by atoms with E-state index < -0.39 is 18.6 Å². The smallest absolute Gasteiger partial charge is 0.387 e. The Morgan fingerprint density at radius 3 is 2.72 bits per heavy atom. The molecule has 0 fully saturated rings. The number of aryl methyl sites for hydroxylation is 1. The number of amides is 1. The van der Waals surface area contributed by atoms with Crippen molar-refractivity contribution in [2.75, 3.05) is 6.54 Å². The number of nitriles is 1. The van der Waals surface area contributed by atoms with Crippen molar-refractivity contribution in [1.82, 2.24) is 5.32 Å². The molecule has 1 atom stereocenters. The van der Waals surface area contributed by atoms with Crippen LogP contribution in [-0.4, -0.2) is 24.2 Å². The summed E-state index contributed by atoms with van der Waals surface area (Å²) in [6, 6.07) is 12.3.